The minimum atomic E-state index is -4.35. The molecule has 31 heavy (non-hydrogen) atoms. The molecule has 2 aromatic rings. The lowest BCUT2D eigenvalue weighted by molar-refractivity contribution is -0.137. The van der Waals surface area contributed by atoms with E-state index in [9.17, 15) is 22.8 Å². The molecule has 1 aromatic heterocycles. The van der Waals surface area contributed by atoms with Gasteiger partial charge >= 0.3 is 12.2 Å². The Morgan fingerprint density at radius 1 is 1.13 bits per heavy atom. The third-order valence-corrected chi connectivity index (χ3v) is 7.02. The molecule has 3 heterocycles. The van der Waals surface area contributed by atoms with Crippen molar-refractivity contribution in [2.45, 2.75) is 44.6 Å². The van der Waals surface area contributed by atoms with Gasteiger partial charge in [0.15, 0.2) is 0 Å². The number of imide groups is 1. The average Bonchev–Trinajstić information content (AvgIpc) is 3.31. The minimum absolute atomic E-state index is 0.0193. The van der Waals surface area contributed by atoms with Crippen molar-refractivity contribution in [1.29, 1.82) is 0 Å². The summed E-state index contributed by atoms with van der Waals surface area (Å²) in [5, 5.41) is 6.73. The van der Waals surface area contributed by atoms with Crippen molar-refractivity contribution >= 4 is 23.3 Å². The SMILES string of the molecule is C[C@@]1(C2CCN(Cc3cccc(C(F)(F)F)c3)CC2)NC(=O)N(Cc2ccsc2)C1=O. The lowest BCUT2D eigenvalue weighted by Gasteiger charge is -2.39. The zero-order chi connectivity index (χ0) is 22.2. The number of amides is 3. The number of piperidine rings is 1. The van der Waals surface area contributed by atoms with Crippen LogP contribution in [0.4, 0.5) is 18.0 Å². The molecule has 4 rings (SSSR count). The third kappa shape index (κ3) is 4.48. The van der Waals surface area contributed by atoms with Crippen LogP contribution in [0.2, 0.25) is 0 Å². The maximum absolute atomic E-state index is 13.1. The zero-order valence-corrected chi connectivity index (χ0v) is 17.9. The molecule has 2 aliphatic heterocycles. The predicted molar refractivity (Wildman–Crippen MR) is 111 cm³/mol. The Hall–Kier alpha value is -2.39. The quantitative estimate of drug-likeness (QED) is 0.682. The summed E-state index contributed by atoms with van der Waals surface area (Å²) < 4.78 is 38.8. The van der Waals surface area contributed by atoms with Crippen LogP contribution in [-0.4, -0.2) is 40.4 Å². The van der Waals surface area contributed by atoms with E-state index in [0.717, 1.165) is 11.6 Å². The van der Waals surface area contributed by atoms with Gasteiger partial charge in [-0.1, -0.05) is 18.2 Å². The number of halogens is 3. The summed E-state index contributed by atoms with van der Waals surface area (Å²) in [5.41, 5.74) is -0.0484. The predicted octanol–water partition coefficient (Wildman–Crippen LogP) is 4.49. The van der Waals surface area contributed by atoms with Crippen molar-refractivity contribution in [1.82, 2.24) is 15.1 Å². The van der Waals surface area contributed by atoms with Gasteiger partial charge in [0.05, 0.1) is 12.1 Å². The van der Waals surface area contributed by atoms with E-state index in [1.54, 1.807) is 13.0 Å². The van der Waals surface area contributed by atoms with Crippen LogP contribution in [-0.2, 0) is 24.1 Å². The van der Waals surface area contributed by atoms with Crippen LogP contribution in [0, 0.1) is 5.92 Å². The second-order valence-corrected chi connectivity index (χ2v) is 9.18. The van der Waals surface area contributed by atoms with E-state index in [1.165, 1.54) is 28.4 Å². The highest BCUT2D eigenvalue weighted by molar-refractivity contribution is 7.07. The number of hydrogen-bond donors (Lipinski definition) is 1. The molecule has 9 heteroatoms. The lowest BCUT2D eigenvalue weighted by Crippen LogP contribution is -2.53. The molecule has 0 spiro atoms. The first-order chi connectivity index (χ1) is 14.7. The molecule has 0 unspecified atom stereocenters. The minimum Gasteiger partial charge on any atom is -0.323 e. The molecular formula is C22H24F3N3O2S. The molecular weight excluding hydrogens is 427 g/mol. The van der Waals surface area contributed by atoms with E-state index in [0.29, 0.717) is 38.0 Å². The molecule has 0 aliphatic carbocycles. The van der Waals surface area contributed by atoms with Gasteiger partial charge in [0.2, 0.25) is 0 Å². The summed E-state index contributed by atoms with van der Waals surface area (Å²) in [4.78, 5) is 28.9. The molecule has 0 radical (unpaired) electrons. The highest BCUT2D eigenvalue weighted by atomic mass is 32.1. The monoisotopic (exact) mass is 451 g/mol. The second kappa shape index (κ2) is 8.27. The lowest BCUT2D eigenvalue weighted by atomic mass is 9.79. The first kappa shape index (κ1) is 21.8. The number of alkyl halides is 3. The Bertz CT molecular complexity index is 955. The van der Waals surface area contributed by atoms with E-state index in [2.05, 4.69) is 10.2 Å². The Labute approximate surface area is 182 Å². The Morgan fingerprint density at radius 2 is 1.87 bits per heavy atom. The summed E-state index contributed by atoms with van der Waals surface area (Å²) in [6.07, 6.45) is -2.98. The number of nitrogens with one attached hydrogen (secondary N) is 1. The number of benzene rings is 1. The molecule has 0 saturated carbocycles. The maximum atomic E-state index is 13.1. The van der Waals surface area contributed by atoms with E-state index < -0.39 is 17.3 Å². The van der Waals surface area contributed by atoms with E-state index in [-0.39, 0.29) is 24.4 Å². The van der Waals surface area contributed by atoms with Gasteiger partial charge in [-0.25, -0.2) is 4.79 Å². The van der Waals surface area contributed by atoms with Gasteiger partial charge in [-0.05, 0) is 72.8 Å². The van der Waals surface area contributed by atoms with Crippen molar-refractivity contribution in [2.24, 2.45) is 5.92 Å². The topological polar surface area (TPSA) is 52.7 Å². The number of likely N-dealkylation sites (tertiary alicyclic amines) is 1. The summed E-state index contributed by atoms with van der Waals surface area (Å²) in [7, 11) is 0. The van der Waals surface area contributed by atoms with Crippen LogP contribution in [0.5, 0.6) is 0 Å². The first-order valence-electron chi connectivity index (χ1n) is 10.2. The highest BCUT2D eigenvalue weighted by Gasteiger charge is 2.52. The molecule has 1 atom stereocenters. The molecule has 1 aromatic carbocycles. The Morgan fingerprint density at radius 3 is 2.52 bits per heavy atom. The van der Waals surface area contributed by atoms with Crippen LogP contribution in [0.25, 0.3) is 0 Å². The average molecular weight is 452 g/mol. The van der Waals surface area contributed by atoms with Gasteiger partial charge < -0.3 is 5.32 Å². The summed E-state index contributed by atoms with van der Waals surface area (Å²) in [6.45, 7) is 3.79. The smallest absolute Gasteiger partial charge is 0.323 e. The summed E-state index contributed by atoms with van der Waals surface area (Å²) in [5.74, 6) is -0.228. The summed E-state index contributed by atoms with van der Waals surface area (Å²) >= 11 is 1.52. The van der Waals surface area contributed by atoms with Gasteiger partial charge in [-0.15, -0.1) is 0 Å². The second-order valence-electron chi connectivity index (χ2n) is 8.40. The summed E-state index contributed by atoms with van der Waals surface area (Å²) in [6, 6.07) is 6.92. The zero-order valence-electron chi connectivity index (χ0n) is 17.1. The van der Waals surface area contributed by atoms with E-state index >= 15 is 0 Å². The van der Waals surface area contributed by atoms with Gasteiger partial charge in [0.25, 0.3) is 5.91 Å². The van der Waals surface area contributed by atoms with Gasteiger partial charge in [-0.2, -0.15) is 24.5 Å². The number of nitrogens with zero attached hydrogens (tertiary/aromatic N) is 2. The fraction of sp³-hybridized carbons (Fsp3) is 0.455. The molecule has 2 saturated heterocycles. The number of carbonyl (C=O) groups excluding carboxylic acids is 2. The molecule has 0 bridgehead atoms. The fourth-order valence-electron chi connectivity index (χ4n) is 4.47. The van der Waals surface area contributed by atoms with Gasteiger partial charge in [0, 0.05) is 6.54 Å². The van der Waals surface area contributed by atoms with Crippen molar-refractivity contribution in [3.63, 3.8) is 0 Å². The molecule has 3 amide bonds. The van der Waals surface area contributed by atoms with E-state index in [4.69, 9.17) is 0 Å². The first-order valence-corrected chi connectivity index (χ1v) is 11.1. The normalized spacial score (nSPS) is 23.4. The number of urea groups is 1. The van der Waals surface area contributed by atoms with Crippen molar-refractivity contribution in [2.75, 3.05) is 13.1 Å². The number of rotatable bonds is 5. The third-order valence-electron chi connectivity index (χ3n) is 6.29. The van der Waals surface area contributed by atoms with Crippen molar-refractivity contribution < 1.29 is 22.8 Å². The largest absolute Gasteiger partial charge is 0.416 e. The fourth-order valence-corrected chi connectivity index (χ4v) is 5.13. The van der Waals surface area contributed by atoms with Crippen LogP contribution in [0.15, 0.2) is 41.1 Å². The van der Waals surface area contributed by atoms with Crippen LogP contribution >= 0.6 is 11.3 Å². The number of carbonyl (C=O) groups is 2. The van der Waals surface area contributed by atoms with Crippen LogP contribution in [0.1, 0.15) is 36.5 Å². The van der Waals surface area contributed by atoms with Crippen LogP contribution in [0.3, 0.4) is 0 Å². The standard InChI is InChI=1S/C22H24F3N3O2S/c1-21(19(29)28(20(30)26-21)13-16-7-10-31-14-16)17-5-8-27(9-6-17)12-15-3-2-4-18(11-15)22(23,24)25/h2-4,7,10-11,14,17H,5-6,8-9,12-13H2,1H3,(H,26,30)/t21-/m0/s1. The van der Waals surface area contributed by atoms with E-state index in [1.807, 2.05) is 16.8 Å². The molecule has 166 valence electrons. The van der Waals surface area contributed by atoms with Crippen LogP contribution < -0.4 is 5.32 Å². The number of hydrogen-bond acceptors (Lipinski definition) is 4. The maximum Gasteiger partial charge on any atom is 0.416 e. The highest BCUT2D eigenvalue weighted by Crippen LogP contribution is 2.35. The van der Waals surface area contributed by atoms with Crippen molar-refractivity contribution in [3.8, 4) is 0 Å². The molecule has 5 nitrogen and oxygen atoms in total. The Balaban J connectivity index is 1.37. The molecule has 2 fully saturated rings. The Kier molecular flexibility index (Phi) is 5.83. The molecule has 1 N–H and O–H groups in total. The van der Waals surface area contributed by atoms with Gasteiger partial charge in [0.1, 0.15) is 5.54 Å². The van der Waals surface area contributed by atoms with Crippen molar-refractivity contribution in [3.05, 3.63) is 57.8 Å². The molecule has 2 aliphatic rings. The number of thiophene rings is 1. The van der Waals surface area contributed by atoms with Gasteiger partial charge in [-0.3, -0.25) is 14.6 Å².